The minimum Gasteiger partial charge on any atom is -0.461 e. The van der Waals surface area contributed by atoms with E-state index in [9.17, 15) is 9.59 Å². The molecule has 0 aromatic carbocycles. The van der Waals surface area contributed by atoms with E-state index in [4.69, 9.17) is 14.2 Å². The van der Waals surface area contributed by atoms with Gasteiger partial charge in [-0.2, -0.15) is 0 Å². The number of ether oxygens (including phenoxy) is 3. The Morgan fingerprint density at radius 3 is 1.11 bits per heavy atom. The molecular formula is C59H90O5. The van der Waals surface area contributed by atoms with Crippen LogP contribution in [0.1, 0.15) is 175 Å². The van der Waals surface area contributed by atoms with Crippen molar-refractivity contribution in [3.8, 4) is 0 Å². The fraction of sp³-hybridized carbons (Fsp3) is 0.525. The molecule has 0 N–H and O–H groups in total. The van der Waals surface area contributed by atoms with Crippen molar-refractivity contribution in [2.75, 3.05) is 19.8 Å². The van der Waals surface area contributed by atoms with Gasteiger partial charge >= 0.3 is 11.9 Å². The molecule has 0 heterocycles. The number of rotatable bonds is 43. The van der Waals surface area contributed by atoms with E-state index in [1.54, 1.807) is 0 Å². The van der Waals surface area contributed by atoms with Gasteiger partial charge in [0.15, 0.2) is 6.10 Å². The van der Waals surface area contributed by atoms with Gasteiger partial charge in [-0.25, -0.2) is 0 Å². The number of hydrogen-bond acceptors (Lipinski definition) is 5. The Kier molecular flexibility index (Phi) is 49.2. The van der Waals surface area contributed by atoms with Crippen LogP contribution in [0.2, 0.25) is 0 Å². The third-order valence-electron chi connectivity index (χ3n) is 9.57. The minimum atomic E-state index is -0.617. The molecule has 0 aromatic heterocycles. The van der Waals surface area contributed by atoms with Crippen molar-refractivity contribution in [3.63, 3.8) is 0 Å². The normalized spacial score (nSPS) is 13.6. The molecule has 1 unspecified atom stereocenters. The van der Waals surface area contributed by atoms with Gasteiger partial charge in [0, 0.05) is 13.0 Å². The van der Waals surface area contributed by atoms with Crippen molar-refractivity contribution in [3.05, 3.63) is 158 Å². The van der Waals surface area contributed by atoms with Crippen LogP contribution in [-0.2, 0) is 23.8 Å². The zero-order valence-corrected chi connectivity index (χ0v) is 40.7. The van der Waals surface area contributed by atoms with Crippen molar-refractivity contribution in [2.45, 2.75) is 181 Å². The Hall–Kier alpha value is -4.48. The molecule has 356 valence electrons. The maximum absolute atomic E-state index is 12.8. The van der Waals surface area contributed by atoms with Crippen molar-refractivity contribution >= 4 is 11.9 Å². The molecular weight excluding hydrogens is 789 g/mol. The summed E-state index contributed by atoms with van der Waals surface area (Å²) in [5.74, 6) is -0.609. The predicted octanol–water partition coefficient (Wildman–Crippen LogP) is 17.1. The molecule has 0 spiro atoms. The first-order chi connectivity index (χ1) is 31.6. The number of esters is 2. The van der Waals surface area contributed by atoms with Crippen LogP contribution in [0.15, 0.2) is 158 Å². The zero-order valence-electron chi connectivity index (χ0n) is 40.7. The summed E-state index contributed by atoms with van der Waals surface area (Å²) in [4.78, 5) is 25.3. The Labute approximate surface area is 393 Å². The standard InChI is InChI=1S/C59H90O5/c1-4-7-10-13-16-19-22-25-27-28-29-30-31-33-36-39-42-45-48-51-54-62-55-57(64-59(61)53-50-47-44-41-38-34-24-21-18-15-12-9-6-3)56-63-58(60)52-49-46-43-40-37-35-32-26-23-20-17-14-11-8-5-2/h7-12,16-21,25-27,29-30,32-34,36-38,40,46,49,57H,4-6,13-15,22-24,28,31,35,39,41-45,47-48,50-56H2,1-3H3/b10-7-,11-8-,12-9-,19-16-,20-17-,21-18-,27-25-,30-29-,32-26-,36-33-,38-34-,40-37-,49-46-. The zero-order chi connectivity index (χ0) is 46.3. The Morgan fingerprint density at radius 2 is 0.703 bits per heavy atom. The van der Waals surface area contributed by atoms with E-state index in [0.29, 0.717) is 13.0 Å². The second-order valence-electron chi connectivity index (χ2n) is 15.6. The lowest BCUT2D eigenvalue weighted by molar-refractivity contribution is -0.162. The van der Waals surface area contributed by atoms with E-state index < -0.39 is 6.10 Å². The molecule has 5 nitrogen and oxygen atoms in total. The van der Waals surface area contributed by atoms with E-state index >= 15 is 0 Å². The molecule has 0 rings (SSSR count). The van der Waals surface area contributed by atoms with Gasteiger partial charge in [-0.15, -0.1) is 0 Å². The largest absolute Gasteiger partial charge is 0.461 e. The monoisotopic (exact) mass is 879 g/mol. The molecule has 0 aliphatic heterocycles. The van der Waals surface area contributed by atoms with Crippen LogP contribution in [0.25, 0.3) is 0 Å². The van der Waals surface area contributed by atoms with E-state index in [0.717, 1.165) is 141 Å². The Balaban J connectivity index is 4.51. The molecule has 0 radical (unpaired) electrons. The smallest absolute Gasteiger partial charge is 0.309 e. The summed E-state index contributed by atoms with van der Waals surface area (Å²) in [6.45, 7) is 7.25. The summed E-state index contributed by atoms with van der Waals surface area (Å²) in [6.07, 6.45) is 78.5. The number of allylic oxidation sites excluding steroid dienone is 25. The average molecular weight is 879 g/mol. The molecule has 64 heavy (non-hydrogen) atoms. The SMILES string of the molecule is CC/C=C\C/C=C\C/C=C\C/C=C\C/C=C\CCCCCCOCC(COC(=O)C/C=C\C/C=C\C/C=C\C/C=C\C/C=C\CC)OC(=O)CCCCC/C=C\C/C=C\C/C=C\CC. The quantitative estimate of drug-likeness (QED) is 0.0347. The van der Waals surface area contributed by atoms with Crippen LogP contribution in [0.4, 0.5) is 0 Å². The number of unbranched alkanes of at least 4 members (excludes halogenated alkanes) is 7. The summed E-state index contributed by atoms with van der Waals surface area (Å²) in [7, 11) is 0. The Bertz CT molecular complexity index is 1460. The Morgan fingerprint density at radius 1 is 0.359 bits per heavy atom. The predicted molar refractivity (Wildman–Crippen MR) is 278 cm³/mol. The fourth-order valence-electron chi connectivity index (χ4n) is 5.97. The van der Waals surface area contributed by atoms with E-state index in [1.807, 2.05) is 12.2 Å². The number of hydrogen-bond donors (Lipinski definition) is 0. The highest BCUT2D eigenvalue weighted by molar-refractivity contribution is 5.71. The van der Waals surface area contributed by atoms with Gasteiger partial charge in [0.05, 0.1) is 13.0 Å². The maximum atomic E-state index is 12.8. The third-order valence-corrected chi connectivity index (χ3v) is 9.57. The van der Waals surface area contributed by atoms with Crippen LogP contribution >= 0.6 is 0 Å². The molecule has 0 aliphatic rings. The van der Waals surface area contributed by atoms with Crippen molar-refractivity contribution in [1.82, 2.24) is 0 Å². The summed E-state index contributed by atoms with van der Waals surface area (Å²) < 4.78 is 17.2. The lowest BCUT2D eigenvalue weighted by Crippen LogP contribution is -2.30. The van der Waals surface area contributed by atoms with E-state index in [-0.39, 0.29) is 31.6 Å². The molecule has 0 saturated carbocycles. The molecule has 0 bridgehead atoms. The first-order valence-electron chi connectivity index (χ1n) is 25.0. The first-order valence-corrected chi connectivity index (χ1v) is 25.0. The van der Waals surface area contributed by atoms with Gasteiger partial charge in [-0.1, -0.05) is 198 Å². The third kappa shape index (κ3) is 50.2. The lowest BCUT2D eigenvalue weighted by atomic mass is 10.1. The summed E-state index contributed by atoms with van der Waals surface area (Å²) >= 11 is 0. The van der Waals surface area contributed by atoms with Crippen molar-refractivity contribution in [1.29, 1.82) is 0 Å². The van der Waals surface area contributed by atoms with E-state index in [2.05, 4.69) is 167 Å². The molecule has 0 fully saturated rings. The van der Waals surface area contributed by atoms with Crippen molar-refractivity contribution < 1.29 is 23.8 Å². The van der Waals surface area contributed by atoms with Gasteiger partial charge < -0.3 is 14.2 Å². The molecule has 0 aliphatic carbocycles. The van der Waals surface area contributed by atoms with Gasteiger partial charge in [-0.3, -0.25) is 9.59 Å². The highest BCUT2D eigenvalue weighted by atomic mass is 16.6. The molecule has 0 amide bonds. The summed E-state index contributed by atoms with van der Waals surface area (Å²) in [6, 6.07) is 0. The van der Waals surface area contributed by atoms with Gasteiger partial charge in [0.25, 0.3) is 0 Å². The van der Waals surface area contributed by atoms with Crippen LogP contribution in [0.5, 0.6) is 0 Å². The molecule has 0 aromatic rings. The summed E-state index contributed by atoms with van der Waals surface area (Å²) in [5, 5.41) is 0. The summed E-state index contributed by atoms with van der Waals surface area (Å²) in [5.41, 5.74) is 0. The first kappa shape index (κ1) is 59.5. The van der Waals surface area contributed by atoms with Crippen LogP contribution in [-0.4, -0.2) is 37.9 Å². The lowest BCUT2D eigenvalue weighted by Gasteiger charge is -2.18. The molecule has 5 heteroatoms. The average Bonchev–Trinajstić information content (AvgIpc) is 3.30. The van der Waals surface area contributed by atoms with Gasteiger partial charge in [0.1, 0.15) is 6.61 Å². The topological polar surface area (TPSA) is 61.8 Å². The highest BCUT2D eigenvalue weighted by Crippen LogP contribution is 2.10. The maximum Gasteiger partial charge on any atom is 0.309 e. The fourth-order valence-corrected chi connectivity index (χ4v) is 5.97. The second kappa shape index (κ2) is 52.9. The van der Waals surface area contributed by atoms with Crippen LogP contribution in [0, 0.1) is 0 Å². The number of carbonyl (C=O) groups is 2. The van der Waals surface area contributed by atoms with Crippen LogP contribution < -0.4 is 0 Å². The van der Waals surface area contributed by atoms with Gasteiger partial charge in [0.2, 0.25) is 0 Å². The van der Waals surface area contributed by atoms with Gasteiger partial charge in [-0.05, 0) is 122 Å². The molecule has 1 atom stereocenters. The van der Waals surface area contributed by atoms with Crippen LogP contribution in [0.3, 0.4) is 0 Å². The molecule has 0 saturated heterocycles. The van der Waals surface area contributed by atoms with E-state index in [1.165, 1.54) is 0 Å². The highest BCUT2D eigenvalue weighted by Gasteiger charge is 2.17. The minimum absolute atomic E-state index is 0.00331. The second-order valence-corrected chi connectivity index (χ2v) is 15.6. The number of carbonyl (C=O) groups excluding carboxylic acids is 2. The van der Waals surface area contributed by atoms with Crippen molar-refractivity contribution in [2.24, 2.45) is 0 Å².